The number of aromatic nitrogens is 2. The predicted octanol–water partition coefficient (Wildman–Crippen LogP) is 4.11. The maximum absolute atomic E-state index is 12.6. The summed E-state index contributed by atoms with van der Waals surface area (Å²) in [5.41, 5.74) is 0.502. The van der Waals surface area contributed by atoms with E-state index >= 15 is 0 Å². The van der Waals surface area contributed by atoms with Crippen molar-refractivity contribution in [2.45, 2.75) is 44.8 Å². The van der Waals surface area contributed by atoms with Crippen molar-refractivity contribution in [1.29, 1.82) is 0 Å². The molecule has 1 aliphatic carbocycles. The zero-order chi connectivity index (χ0) is 20.4. The van der Waals surface area contributed by atoms with Crippen LogP contribution in [0.1, 0.15) is 44.2 Å². The standard InChI is InChI=1S/C21H23N3O4S/c1-13(23-21(26)24-20(25)16-8-5-11-22-19(16)29-24)14-9-10-17(18(12-14)27-2)28-15-6-3-4-7-15/h5,8-13,15H,3-4,6-7H2,1-2H3,(H,23,26). The number of ether oxygens (including phenoxy) is 2. The van der Waals surface area contributed by atoms with Gasteiger partial charge in [0.15, 0.2) is 11.5 Å². The van der Waals surface area contributed by atoms with Gasteiger partial charge in [0.2, 0.25) is 0 Å². The molecule has 0 bridgehead atoms. The molecule has 0 spiro atoms. The number of methoxy groups -OCH3 is 1. The van der Waals surface area contributed by atoms with Crippen molar-refractivity contribution < 1.29 is 14.3 Å². The Bertz CT molecular complexity index is 1080. The molecule has 8 heteroatoms. The van der Waals surface area contributed by atoms with Crippen molar-refractivity contribution in [3.8, 4) is 11.5 Å². The van der Waals surface area contributed by atoms with E-state index in [1.54, 1.807) is 25.4 Å². The summed E-state index contributed by atoms with van der Waals surface area (Å²) in [6.45, 7) is 1.86. The van der Waals surface area contributed by atoms with Gasteiger partial charge in [-0.25, -0.2) is 9.78 Å². The highest BCUT2D eigenvalue weighted by molar-refractivity contribution is 7.14. The molecule has 1 aromatic carbocycles. The van der Waals surface area contributed by atoms with Crippen LogP contribution in [-0.2, 0) is 0 Å². The van der Waals surface area contributed by atoms with Crippen LogP contribution in [0.15, 0.2) is 41.3 Å². The van der Waals surface area contributed by atoms with E-state index in [0.717, 1.165) is 33.9 Å². The maximum Gasteiger partial charge on any atom is 0.338 e. The first-order valence-electron chi connectivity index (χ1n) is 9.69. The van der Waals surface area contributed by atoms with Crippen molar-refractivity contribution in [2.24, 2.45) is 0 Å². The summed E-state index contributed by atoms with van der Waals surface area (Å²) in [5.74, 6) is 1.35. The molecule has 0 aliphatic heterocycles. The van der Waals surface area contributed by atoms with Crippen LogP contribution in [0.3, 0.4) is 0 Å². The van der Waals surface area contributed by atoms with Crippen molar-refractivity contribution in [1.82, 2.24) is 14.3 Å². The molecule has 1 N–H and O–H groups in total. The monoisotopic (exact) mass is 413 g/mol. The molecule has 1 aliphatic rings. The third-order valence-electron chi connectivity index (χ3n) is 5.17. The Morgan fingerprint density at radius 2 is 2.07 bits per heavy atom. The summed E-state index contributed by atoms with van der Waals surface area (Å²) < 4.78 is 12.7. The fourth-order valence-electron chi connectivity index (χ4n) is 3.56. The number of pyridine rings is 1. The Morgan fingerprint density at radius 1 is 1.28 bits per heavy atom. The van der Waals surface area contributed by atoms with Gasteiger partial charge >= 0.3 is 6.03 Å². The SMILES string of the molecule is COc1cc(C(C)NC(=O)n2sc3ncccc3c2=O)ccc1OC1CCCC1. The molecular formula is C21H23N3O4S. The minimum atomic E-state index is -0.476. The number of nitrogens with one attached hydrogen (secondary N) is 1. The lowest BCUT2D eigenvalue weighted by Gasteiger charge is -2.19. The van der Waals surface area contributed by atoms with Crippen molar-refractivity contribution in [3.05, 3.63) is 52.4 Å². The van der Waals surface area contributed by atoms with Gasteiger partial charge in [0.1, 0.15) is 4.83 Å². The second kappa shape index (κ2) is 8.24. The molecule has 152 valence electrons. The molecule has 29 heavy (non-hydrogen) atoms. The summed E-state index contributed by atoms with van der Waals surface area (Å²) in [7, 11) is 1.60. The van der Waals surface area contributed by atoms with Crippen molar-refractivity contribution in [2.75, 3.05) is 7.11 Å². The first-order chi connectivity index (χ1) is 14.1. The Labute approximate surface area is 172 Å². The van der Waals surface area contributed by atoms with E-state index in [1.165, 1.54) is 12.8 Å². The molecule has 1 saturated carbocycles. The highest BCUT2D eigenvalue weighted by Crippen LogP contribution is 2.33. The third-order valence-corrected chi connectivity index (χ3v) is 6.18. The lowest BCUT2D eigenvalue weighted by molar-refractivity contribution is 0.200. The van der Waals surface area contributed by atoms with Gasteiger partial charge in [-0.2, -0.15) is 3.96 Å². The fraction of sp³-hybridized carbons (Fsp3) is 0.381. The number of hydrogen-bond donors (Lipinski definition) is 1. The van der Waals surface area contributed by atoms with Gasteiger partial charge in [-0.1, -0.05) is 6.07 Å². The number of nitrogens with zero attached hydrogens (tertiary/aromatic N) is 2. The second-order valence-corrected chi connectivity index (χ2v) is 8.09. The van der Waals surface area contributed by atoms with Gasteiger partial charge in [-0.05, 0) is 74.0 Å². The van der Waals surface area contributed by atoms with Crippen LogP contribution in [0.2, 0.25) is 0 Å². The first-order valence-corrected chi connectivity index (χ1v) is 10.5. The molecule has 2 aromatic heterocycles. The average molecular weight is 413 g/mol. The molecule has 7 nitrogen and oxygen atoms in total. The highest BCUT2D eigenvalue weighted by Gasteiger charge is 2.20. The Kier molecular flexibility index (Phi) is 5.53. The van der Waals surface area contributed by atoms with Gasteiger partial charge < -0.3 is 14.8 Å². The van der Waals surface area contributed by atoms with E-state index in [0.29, 0.717) is 21.7 Å². The quantitative estimate of drug-likeness (QED) is 0.681. The van der Waals surface area contributed by atoms with Crippen LogP contribution in [0.25, 0.3) is 10.2 Å². The molecule has 1 atom stereocenters. The smallest absolute Gasteiger partial charge is 0.338 e. The molecule has 2 heterocycles. The fourth-order valence-corrected chi connectivity index (χ4v) is 4.41. The number of hydrogen-bond acceptors (Lipinski definition) is 6. The van der Waals surface area contributed by atoms with E-state index in [4.69, 9.17) is 9.47 Å². The summed E-state index contributed by atoms with van der Waals surface area (Å²) in [5, 5.41) is 3.31. The minimum absolute atomic E-state index is 0.236. The Morgan fingerprint density at radius 3 is 2.79 bits per heavy atom. The highest BCUT2D eigenvalue weighted by atomic mass is 32.1. The van der Waals surface area contributed by atoms with Gasteiger partial charge in [0.05, 0.1) is 24.6 Å². The van der Waals surface area contributed by atoms with E-state index < -0.39 is 6.03 Å². The van der Waals surface area contributed by atoms with Crippen LogP contribution in [0, 0.1) is 0 Å². The van der Waals surface area contributed by atoms with Crippen LogP contribution in [0.5, 0.6) is 11.5 Å². The largest absolute Gasteiger partial charge is 0.493 e. The normalized spacial score (nSPS) is 15.4. The molecule has 3 aromatic rings. The number of rotatable bonds is 5. The Balaban J connectivity index is 1.51. The van der Waals surface area contributed by atoms with Crippen LogP contribution >= 0.6 is 11.5 Å². The van der Waals surface area contributed by atoms with Gasteiger partial charge in [-0.15, -0.1) is 0 Å². The number of amides is 1. The Hall–Kier alpha value is -2.87. The van der Waals surface area contributed by atoms with E-state index in [-0.39, 0.29) is 17.7 Å². The second-order valence-electron chi connectivity index (χ2n) is 7.15. The lowest BCUT2D eigenvalue weighted by Crippen LogP contribution is -2.34. The van der Waals surface area contributed by atoms with E-state index in [1.807, 2.05) is 25.1 Å². The van der Waals surface area contributed by atoms with Gasteiger partial charge in [0.25, 0.3) is 5.56 Å². The summed E-state index contributed by atoms with van der Waals surface area (Å²) in [4.78, 5) is 29.8. The third kappa shape index (κ3) is 3.98. The van der Waals surface area contributed by atoms with Crippen LogP contribution < -0.4 is 20.3 Å². The average Bonchev–Trinajstić information content (AvgIpc) is 3.36. The molecule has 0 saturated heterocycles. The van der Waals surface area contributed by atoms with Crippen molar-refractivity contribution in [3.63, 3.8) is 0 Å². The topological polar surface area (TPSA) is 82.5 Å². The van der Waals surface area contributed by atoms with E-state index in [2.05, 4.69) is 10.3 Å². The lowest BCUT2D eigenvalue weighted by atomic mass is 10.1. The molecule has 1 amide bonds. The first kappa shape index (κ1) is 19.4. The molecule has 0 radical (unpaired) electrons. The van der Waals surface area contributed by atoms with Crippen LogP contribution in [0.4, 0.5) is 4.79 Å². The van der Waals surface area contributed by atoms with Gasteiger partial charge in [-0.3, -0.25) is 4.79 Å². The molecular weight excluding hydrogens is 390 g/mol. The predicted molar refractivity (Wildman–Crippen MR) is 112 cm³/mol. The minimum Gasteiger partial charge on any atom is -0.493 e. The molecule has 4 rings (SSSR count). The number of benzene rings is 1. The van der Waals surface area contributed by atoms with E-state index in [9.17, 15) is 9.59 Å². The van der Waals surface area contributed by atoms with Crippen molar-refractivity contribution >= 4 is 27.8 Å². The number of carbonyl (C=O) groups is 1. The van der Waals surface area contributed by atoms with Crippen LogP contribution in [-0.4, -0.2) is 28.2 Å². The maximum atomic E-state index is 12.6. The molecule has 1 unspecified atom stereocenters. The zero-order valence-electron chi connectivity index (χ0n) is 16.4. The number of carbonyl (C=O) groups excluding carboxylic acids is 1. The summed E-state index contributed by atoms with van der Waals surface area (Å²) in [6.07, 6.45) is 6.36. The molecule has 1 fully saturated rings. The zero-order valence-corrected chi connectivity index (χ0v) is 17.2. The van der Waals surface area contributed by atoms with Gasteiger partial charge in [0, 0.05) is 6.20 Å². The summed E-state index contributed by atoms with van der Waals surface area (Å²) in [6, 6.07) is 8.21. The number of fused-ring (bicyclic) bond motifs is 1. The summed E-state index contributed by atoms with van der Waals surface area (Å²) >= 11 is 1.03.